The predicted molar refractivity (Wildman–Crippen MR) is 138 cm³/mol. The van der Waals surface area contributed by atoms with Crippen LogP contribution in [0, 0.1) is 5.92 Å². The van der Waals surface area contributed by atoms with E-state index in [1.807, 2.05) is 36.4 Å². The molecule has 0 aliphatic rings. The van der Waals surface area contributed by atoms with Crippen molar-refractivity contribution in [2.24, 2.45) is 5.92 Å². The van der Waals surface area contributed by atoms with Gasteiger partial charge in [-0.05, 0) is 42.5 Å². The zero-order valence-corrected chi connectivity index (χ0v) is 20.9. The van der Waals surface area contributed by atoms with Crippen LogP contribution in [-0.2, 0) is 6.54 Å². The summed E-state index contributed by atoms with van der Waals surface area (Å²) in [5.41, 5.74) is 4.19. The fraction of sp³-hybridized carbons (Fsp3) is 0.276. The number of methoxy groups -OCH3 is 4. The van der Waals surface area contributed by atoms with E-state index in [-0.39, 0.29) is 0 Å². The van der Waals surface area contributed by atoms with Gasteiger partial charge in [0.2, 0.25) is 11.4 Å². The van der Waals surface area contributed by atoms with Crippen molar-refractivity contribution >= 4 is 24.3 Å². The molecule has 0 radical (unpaired) electrons. The molecule has 2 aromatic carbocycles. The molecule has 0 saturated heterocycles. The predicted octanol–water partition coefficient (Wildman–Crippen LogP) is 6.01. The second-order valence-electron chi connectivity index (χ2n) is 8.26. The van der Waals surface area contributed by atoms with Gasteiger partial charge in [0.25, 0.3) is 0 Å². The average Bonchev–Trinajstić information content (AvgIpc) is 2.86. The molecule has 0 spiro atoms. The third-order valence-corrected chi connectivity index (χ3v) is 5.45. The quantitative estimate of drug-likeness (QED) is 0.348. The largest absolute Gasteiger partial charge is 0.497 e. The summed E-state index contributed by atoms with van der Waals surface area (Å²) in [7, 11) is 6.65. The van der Waals surface area contributed by atoms with Crippen molar-refractivity contribution in [3.63, 3.8) is 0 Å². The van der Waals surface area contributed by atoms with Crippen LogP contribution in [-0.4, -0.2) is 28.4 Å². The van der Waals surface area contributed by atoms with Crippen molar-refractivity contribution in [1.82, 2.24) is 0 Å². The zero-order chi connectivity index (χ0) is 24.5. The van der Waals surface area contributed by atoms with Crippen LogP contribution in [0.15, 0.2) is 54.6 Å². The normalized spacial score (nSPS) is 11.4. The Hall–Kier alpha value is -3.73. The highest BCUT2D eigenvalue weighted by Gasteiger charge is 2.15. The van der Waals surface area contributed by atoms with E-state index < -0.39 is 0 Å². The van der Waals surface area contributed by atoms with E-state index in [4.69, 9.17) is 18.9 Å². The molecule has 3 rings (SSSR count). The fourth-order valence-corrected chi connectivity index (χ4v) is 3.70. The molecule has 0 aliphatic carbocycles. The Morgan fingerprint density at radius 3 is 1.50 bits per heavy atom. The molecule has 0 saturated carbocycles. The van der Waals surface area contributed by atoms with Crippen molar-refractivity contribution in [1.29, 1.82) is 0 Å². The Morgan fingerprint density at radius 1 is 0.647 bits per heavy atom. The van der Waals surface area contributed by atoms with E-state index in [9.17, 15) is 0 Å². The monoisotopic (exact) mass is 460 g/mol. The Bertz CT molecular complexity index is 1080. The second-order valence-corrected chi connectivity index (χ2v) is 8.26. The lowest BCUT2D eigenvalue weighted by molar-refractivity contribution is -0.705. The molecule has 1 heterocycles. The van der Waals surface area contributed by atoms with Crippen LogP contribution in [0.2, 0.25) is 0 Å². The lowest BCUT2D eigenvalue weighted by Crippen LogP contribution is -2.42. The fourth-order valence-electron chi connectivity index (χ4n) is 3.70. The van der Waals surface area contributed by atoms with Gasteiger partial charge in [0.1, 0.15) is 23.0 Å². The Morgan fingerprint density at radius 2 is 1.12 bits per heavy atom. The van der Waals surface area contributed by atoms with Gasteiger partial charge in [-0.1, -0.05) is 13.8 Å². The lowest BCUT2D eigenvalue weighted by Gasteiger charge is -2.09. The van der Waals surface area contributed by atoms with Crippen LogP contribution in [0.3, 0.4) is 0 Å². The molecule has 0 fully saturated rings. The van der Waals surface area contributed by atoms with E-state index in [0.717, 1.165) is 52.1 Å². The molecular formula is C29H34NO4+. The topological polar surface area (TPSA) is 40.8 Å². The summed E-state index contributed by atoms with van der Waals surface area (Å²) >= 11 is 0. The summed E-state index contributed by atoms with van der Waals surface area (Å²) < 4.78 is 24.1. The van der Waals surface area contributed by atoms with Crippen molar-refractivity contribution in [3.05, 3.63) is 77.1 Å². The van der Waals surface area contributed by atoms with Crippen LogP contribution in [0.25, 0.3) is 24.3 Å². The molecule has 0 amide bonds. The maximum absolute atomic E-state index is 5.55. The first-order valence-corrected chi connectivity index (χ1v) is 11.3. The third kappa shape index (κ3) is 6.19. The molecule has 3 aromatic rings. The van der Waals surface area contributed by atoms with Gasteiger partial charge in [-0.3, -0.25) is 0 Å². The molecule has 0 N–H and O–H groups in total. The standard InChI is InChI=1S/C29H34NO4/c1-21(2)20-30-24(14-10-22-12-16-26(31-3)18-28(22)33-5)8-7-9-25(30)15-11-23-13-17-27(32-4)19-29(23)34-6/h7-19,21H,20H2,1-6H3/q+1/b14-10+,15-11+. The van der Waals surface area contributed by atoms with Gasteiger partial charge in [-0.15, -0.1) is 0 Å². The highest BCUT2D eigenvalue weighted by Crippen LogP contribution is 2.27. The van der Waals surface area contributed by atoms with E-state index in [0.29, 0.717) is 5.92 Å². The molecule has 0 unspecified atom stereocenters. The highest BCUT2D eigenvalue weighted by atomic mass is 16.5. The Kier molecular flexibility index (Phi) is 8.74. The second kappa shape index (κ2) is 11.9. The minimum Gasteiger partial charge on any atom is -0.497 e. The molecule has 34 heavy (non-hydrogen) atoms. The van der Waals surface area contributed by atoms with E-state index >= 15 is 0 Å². The van der Waals surface area contributed by atoms with Crippen molar-refractivity contribution < 1.29 is 23.5 Å². The molecule has 5 nitrogen and oxygen atoms in total. The smallest absolute Gasteiger partial charge is 0.205 e. The van der Waals surface area contributed by atoms with E-state index in [1.165, 1.54) is 0 Å². The first-order chi connectivity index (χ1) is 16.5. The summed E-state index contributed by atoms with van der Waals surface area (Å²) in [6.45, 7) is 5.33. The van der Waals surface area contributed by atoms with Gasteiger partial charge < -0.3 is 18.9 Å². The van der Waals surface area contributed by atoms with Gasteiger partial charge in [0, 0.05) is 53.5 Å². The van der Waals surface area contributed by atoms with E-state index in [2.05, 4.69) is 60.9 Å². The van der Waals surface area contributed by atoms with Gasteiger partial charge >= 0.3 is 0 Å². The zero-order valence-electron chi connectivity index (χ0n) is 20.9. The van der Waals surface area contributed by atoms with E-state index in [1.54, 1.807) is 28.4 Å². The molecule has 5 heteroatoms. The van der Waals surface area contributed by atoms with Gasteiger partial charge in [-0.2, -0.15) is 4.57 Å². The van der Waals surface area contributed by atoms with Crippen molar-refractivity contribution in [2.75, 3.05) is 28.4 Å². The Labute approximate surface area is 202 Å². The minimum atomic E-state index is 0.484. The number of nitrogens with zero attached hydrogens (tertiary/aromatic N) is 1. The summed E-state index contributed by atoms with van der Waals surface area (Å²) in [5.74, 6) is 3.56. The van der Waals surface area contributed by atoms with Gasteiger partial charge in [-0.25, -0.2) is 0 Å². The maximum Gasteiger partial charge on any atom is 0.205 e. The number of ether oxygens (including phenoxy) is 4. The van der Waals surface area contributed by atoms with Crippen LogP contribution in [0.5, 0.6) is 23.0 Å². The molecule has 0 bridgehead atoms. The SMILES string of the molecule is COc1ccc(/C=C/c2cccc(/C=C/c3ccc(OC)cc3OC)[n+]2CC(C)C)c(OC)c1. The summed E-state index contributed by atoms with van der Waals surface area (Å²) in [4.78, 5) is 0. The Balaban J connectivity index is 1.98. The number of hydrogen-bond acceptors (Lipinski definition) is 4. The molecule has 0 aliphatic heterocycles. The first-order valence-electron chi connectivity index (χ1n) is 11.3. The molecule has 0 atom stereocenters. The molecule has 178 valence electrons. The van der Waals surface area contributed by atoms with Crippen molar-refractivity contribution in [3.8, 4) is 23.0 Å². The number of rotatable bonds is 10. The number of pyridine rings is 1. The minimum absolute atomic E-state index is 0.484. The van der Waals surface area contributed by atoms with Gasteiger partial charge in [0.15, 0.2) is 6.54 Å². The number of aromatic nitrogens is 1. The van der Waals surface area contributed by atoms with Crippen molar-refractivity contribution in [2.45, 2.75) is 20.4 Å². The average molecular weight is 461 g/mol. The summed E-state index contributed by atoms with van der Waals surface area (Å²) in [5, 5.41) is 0. The molecule has 1 aromatic heterocycles. The van der Waals surface area contributed by atoms with Crippen LogP contribution in [0.4, 0.5) is 0 Å². The number of hydrogen-bond donors (Lipinski definition) is 0. The maximum atomic E-state index is 5.55. The third-order valence-electron chi connectivity index (χ3n) is 5.45. The first kappa shape index (κ1) is 24.9. The van der Waals surface area contributed by atoms with Crippen LogP contribution < -0.4 is 23.5 Å². The van der Waals surface area contributed by atoms with Crippen LogP contribution in [0.1, 0.15) is 36.4 Å². The highest BCUT2D eigenvalue weighted by molar-refractivity contribution is 5.73. The molecular weight excluding hydrogens is 426 g/mol. The summed E-state index contributed by atoms with van der Waals surface area (Å²) in [6, 6.07) is 18.0. The lowest BCUT2D eigenvalue weighted by atomic mass is 10.1. The van der Waals surface area contributed by atoms with Gasteiger partial charge in [0.05, 0.1) is 28.4 Å². The summed E-state index contributed by atoms with van der Waals surface area (Å²) in [6.07, 6.45) is 8.39. The number of benzene rings is 2. The van der Waals surface area contributed by atoms with Crippen LogP contribution >= 0.6 is 0 Å².